The van der Waals surface area contributed by atoms with Gasteiger partial charge in [0.1, 0.15) is 5.71 Å². The maximum atomic E-state index is 6.20. The second-order valence-corrected chi connectivity index (χ2v) is 8.48. The normalized spacial score (nSPS) is 38.8. The molecule has 4 atom stereocenters. The maximum absolute atomic E-state index is 6.20. The summed E-state index contributed by atoms with van der Waals surface area (Å²) in [6, 6.07) is 10.8. The summed E-state index contributed by atoms with van der Waals surface area (Å²) in [7, 11) is 0. The summed E-state index contributed by atoms with van der Waals surface area (Å²) in [6.07, 6.45) is 5.80. The molecule has 2 saturated carbocycles. The lowest BCUT2D eigenvalue weighted by Crippen LogP contribution is -2.49. The minimum atomic E-state index is -0.0847. The predicted octanol–water partition coefficient (Wildman–Crippen LogP) is 4.05. The highest BCUT2D eigenvalue weighted by molar-refractivity contribution is 6.43. The lowest BCUT2D eigenvalue weighted by molar-refractivity contribution is -0.135. The Balaban J connectivity index is 1.34. The fourth-order valence-electron chi connectivity index (χ4n) is 5.60. The van der Waals surface area contributed by atoms with Crippen LogP contribution in [0.1, 0.15) is 57.6 Å². The third-order valence-electron chi connectivity index (χ3n) is 7.24. The van der Waals surface area contributed by atoms with Gasteiger partial charge < -0.3 is 10.3 Å². The molecule has 1 spiro atoms. The van der Waals surface area contributed by atoms with E-state index >= 15 is 0 Å². The van der Waals surface area contributed by atoms with Gasteiger partial charge in [0.25, 0.3) is 0 Å². The number of benzene rings is 1. The van der Waals surface area contributed by atoms with Crippen molar-refractivity contribution in [2.45, 2.75) is 57.6 Å². The van der Waals surface area contributed by atoms with Crippen LogP contribution in [0, 0.1) is 17.3 Å². The average molecular weight is 323 g/mol. The molecule has 2 heterocycles. The van der Waals surface area contributed by atoms with Gasteiger partial charge in [0.15, 0.2) is 5.60 Å². The second-order valence-electron chi connectivity index (χ2n) is 8.48. The molecule has 4 heteroatoms. The molecule has 2 bridgehead atoms. The van der Waals surface area contributed by atoms with Crippen molar-refractivity contribution in [2.24, 2.45) is 27.5 Å². The highest BCUT2D eigenvalue weighted by atomic mass is 16.7. The number of nitrogens with zero attached hydrogens (tertiary/aromatic N) is 2. The molecule has 0 aromatic heterocycles. The van der Waals surface area contributed by atoms with Crippen LogP contribution in [-0.2, 0) is 4.84 Å². The first-order valence-corrected chi connectivity index (χ1v) is 9.22. The van der Waals surface area contributed by atoms with Crippen LogP contribution in [0.15, 0.2) is 40.6 Å². The van der Waals surface area contributed by atoms with Crippen LogP contribution in [0.4, 0.5) is 0 Å². The summed E-state index contributed by atoms with van der Waals surface area (Å²) in [5.74, 6) is 1.45. The van der Waals surface area contributed by atoms with Gasteiger partial charge in [0.2, 0.25) is 0 Å². The van der Waals surface area contributed by atoms with E-state index in [-0.39, 0.29) is 17.1 Å². The Labute approximate surface area is 143 Å². The van der Waals surface area contributed by atoms with E-state index in [1.165, 1.54) is 24.8 Å². The van der Waals surface area contributed by atoms with Gasteiger partial charge in [-0.1, -0.05) is 49.3 Å². The first-order valence-electron chi connectivity index (χ1n) is 9.22. The minimum Gasteiger partial charge on any atom is -0.388 e. The number of hydrogen-bond acceptors (Lipinski definition) is 4. The fourth-order valence-corrected chi connectivity index (χ4v) is 5.60. The van der Waals surface area contributed by atoms with Crippen LogP contribution in [0.3, 0.4) is 0 Å². The third kappa shape index (κ3) is 1.80. The van der Waals surface area contributed by atoms with E-state index in [4.69, 9.17) is 4.84 Å². The smallest absolute Gasteiger partial charge is 0.151 e. The number of oxime groups is 1. The van der Waals surface area contributed by atoms with Crippen molar-refractivity contribution in [1.29, 1.82) is 0 Å². The van der Waals surface area contributed by atoms with Gasteiger partial charge in [-0.25, -0.2) is 0 Å². The van der Waals surface area contributed by atoms with Crippen molar-refractivity contribution in [3.05, 3.63) is 35.9 Å². The summed E-state index contributed by atoms with van der Waals surface area (Å²) in [6.45, 7) is 4.77. The van der Waals surface area contributed by atoms with E-state index in [1.807, 2.05) is 0 Å². The van der Waals surface area contributed by atoms with Crippen LogP contribution in [-0.4, -0.2) is 17.0 Å². The van der Waals surface area contributed by atoms with Crippen molar-refractivity contribution in [1.82, 2.24) is 5.43 Å². The molecule has 2 unspecified atom stereocenters. The maximum Gasteiger partial charge on any atom is 0.151 e. The zero-order valence-corrected chi connectivity index (χ0v) is 14.5. The Morgan fingerprint density at radius 1 is 1.08 bits per heavy atom. The molecule has 2 aliphatic carbocycles. The van der Waals surface area contributed by atoms with Gasteiger partial charge in [-0.15, -0.1) is 0 Å². The molecule has 0 amide bonds. The van der Waals surface area contributed by atoms with Crippen molar-refractivity contribution < 1.29 is 4.84 Å². The van der Waals surface area contributed by atoms with Crippen LogP contribution >= 0.6 is 0 Å². The van der Waals surface area contributed by atoms with Crippen LogP contribution in [0.25, 0.3) is 0 Å². The Morgan fingerprint density at radius 2 is 1.88 bits per heavy atom. The monoisotopic (exact) mass is 323 g/mol. The predicted molar refractivity (Wildman–Crippen MR) is 94.9 cm³/mol. The van der Waals surface area contributed by atoms with Gasteiger partial charge >= 0.3 is 0 Å². The summed E-state index contributed by atoms with van der Waals surface area (Å²) < 4.78 is 0. The van der Waals surface area contributed by atoms with E-state index in [9.17, 15) is 0 Å². The van der Waals surface area contributed by atoms with Gasteiger partial charge in [-0.2, -0.15) is 5.10 Å². The first-order chi connectivity index (χ1) is 11.6. The molecule has 0 radical (unpaired) electrons. The Hall–Kier alpha value is -1.84. The van der Waals surface area contributed by atoms with E-state index in [0.29, 0.717) is 5.92 Å². The van der Waals surface area contributed by atoms with Crippen molar-refractivity contribution in [3.8, 4) is 0 Å². The van der Waals surface area contributed by atoms with Crippen LogP contribution in [0.5, 0.6) is 0 Å². The minimum absolute atomic E-state index is 0.0847. The Kier molecular flexibility index (Phi) is 2.92. The molecule has 1 aromatic rings. The highest BCUT2D eigenvalue weighted by Crippen LogP contribution is 2.65. The van der Waals surface area contributed by atoms with E-state index in [1.54, 1.807) is 0 Å². The summed E-state index contributed by atoms with van der Waals surface area (Å²) >= 11 is 0. The highest BCUT2D eigenvalue weighted by Gasteiger charge is 2.67. The molecule has 4 aliphatic rings. The zero-order chi connectivity index (χ0) is 16.4. The SMILES string of the molecule is CC1(C)[C@@H]2CC[C@@H](C2)C12CC(C1=NNC(c3ccccc3)C1)=NO2. The molecule has 2 aliphatic heterocycles. The van der Waals surface area contributed by atoms with Gasteiger partial charge in [-0.3, -0.25) is 0 Å². The fraction of sp³-hybridized carbons (Fsp3) is 0.600. The molecule has 5 rings (SSSR count). The summed E-state index contributed by atoms with van der Waals surface area (Å²) in [5, 5.41) is 9.14. The standard InChI is InChI=1S/C20H25N3O/c1-19(2)14-8-9-15(10-14)20(19)12-18(23-24-20)17-11-16(21-22-17)13-6-4-3-5-7-13/h3-7,14-16,21H,8-12H2,1-2H3/t14-,15+,16?,20?/m1/s1. The van der Waals surface area contributed by atoms with E-state index < -0.39 is 0 Å². The van der Waals surface area contributed by atoms with Crippen molar-refractivity contribution >= 4 is 11.4 Å². The second kappa shape index (κ2) is 4.84. The number of rotatable bonds is 2. The molecule has 1 aromatic carbocycles. The number of nitrogens with one attached hydrogen (secondary N) is 1. The quantitative estimate of drug-likeness (QED) is 0.892. The van der Waals surface area contributed by atoms with Crippen LogP contribution in [0.2, 0.25) is 0 Å². The zero-order valence-electron chi connectivity index (χ0n) is 14.5. The van der Waals surface area contributed by atoms with E-state index in [2.05, 4.69) is 59.9 Å². The molecule has 126 valence electrons. The average Bonchev–Trinajstić information content (AvgIpc) is 3.34. The van der Waals surface area contributed by atoms with Gasteiger partial charge in [0.05, 0.1) is 11.8 Å². The number of hydrazone groups is 1. The van der Waals surface area contributed by atoms with Gasteiger partial charge in [-0.05, 0) is 30.7 Å². The largest absolute Gasteiger partial charge is 0.388 e. The molecule has 0 saturated heterocycles. The molecular weight excluding hydrogens is 298 g/mol. The molecule has 4 nitrogen and oxygen atoms in total. The molecule has 24 heavy (non-hydrogen) atoms. The molecule has 2 fully saturated rings. The number of fused-ring (bicyclic) bond motifs is 3. The Bertz CT molecular complexity index is 724. The van der Waals surface area contributed by atoms with Crippen LogP contribution < -0.4 is 5.43 Å². The third-order valence-corrected chi connectivity index (χ3v) is 7.24. The lowest BCUT2D eigenvalue weighted by Gasteiger charge is -2.44. The summed E-state index contributed by atoms with van der Waals surface area (Å²) in [4.78, 5) is 6.20. The van der Waals surface area contributed by atoms with E-state index in [0.717, 1.165) is 30.2 Å². The first kappa shape index (κ1) is 14.5. The molecular formula is C20H25N3O. The summed E-state index contributed by atoms with van der Waals surface area (Å²) in [5.41, 5.74) is 6.85. The topological polar surface area (TPSA) is 46.0 Å². The molecule has 1 N–H and O–H groups in total. The Morgan fingerprint density at radius 3 is 2.62 bits per heavy atom. The number of hydrogen-bond donors (Lipinski definition) is 1. The van der Waals surface area contributed by atoms with Gasteiger partial charge in [0, 0.05) is 24.2 Å². The lowest BCUT2D eigenvalue weighted by atomic mass is 9.63. The van der Waals surface area contributed by atoms with Crippen molar-refractivity contribution in [2.75, 3.05) is 0 Å². The van der Waals surface area contributed by atoms with Crippen molar-refractivity contribution in [3.63, 3.8) is 0 Å².